The average Bonchev–Trinajstić information content (AvgIpc) is 2.53. The highest BCUT2D eigenvalue weighted by Gasteiger charge is 2.23. The molecule has 20 heavy (non-hydrogen) atoms. The molecule has 5 nitrogen and oxygen atoms in total. The molecule has 0 N–H and O–H groups in total. The maximum Gasteiger partial charge on any atom is 0.257 e. The van der Waals surface area contributed by atoms with Gasteiger partial charge in [-0.1, -0.05) is 0 Å². The number of piperidine rings is 1. The molecule has 1 aliphatic rings. The number of rotatable bonds is 4. The Hall–Kier alpha value is -1.91. The first-order chi connectivity index (χ1) is 9.71. The van der Waals surface area contributed by atoms with Gasteiger partial charge < -0.3 is 19.1 Å². The molecule has 1 aromatic carbocycles. The van der Waals surface area contributed by atoms with Crippen molar-refractivity contribution in [1.82, 2.24) is 4.90 Å². The fourth-order valence-electron chi connectivity index (χ4n) is 2.46. The Morgan fingerprint density at radius 1 is 0.900 bits per heavy atom. The predicted octanol–water partition coefficient (Wildman–Crippen LogP) is 2.34. The van der Waals surface area contributed by atoms with Gasteiger partial charge in [0.15, 0.2) is 11.5 Å². The fraction of sp³-hybridized carbons (Fsp3) is 0.533. The van der Waals surface area contributed by atoms with Gasteiger partial charge in [0.2, 0.25) is 0 Å². The lowest BCUT2D eigenvalue weighted by molar-refractivity contribution is 0.0720. The third kappa shape index (κ3) is 2.81. The van der Waals surface area contributed by atoms with Crippen LogP contribution in [-0.4, -0.2) is 45.2 Å². The Bertz CT molecular complexity index is 481. The molecule has 1 amide bonds. The van der Waals surface area contributed by atoms with E-state index in [1.807, 2.05) is 4.90 Å². The van der Waals surface area contributed by atoms with Gasteiger partial charge in [0, 0.05) is 25.2 Å². The normalized spacial score (nSPS) is 14.8. The summed E-state index contributed by atoms with van der Waals surface area (Å²) >= 11 is 0. The standard InChI is InChI=1S/C15H21NO4/c1-18-12-10-14(20-3)13(19-2)9-11(12)15(17)16-7-5-4-6-8-16/h9-10H,4-8H2,1-3H3. The Kier molecular flexibility index (Phi) is 4.71. The molecule has 0 spiro atoms. The molecular weight excluding hydrogens is 258 g/mol. The molecule has 0 unspecified atom stereocenters. The van der Waals surface area contributed by atoms with Crippen molar-refractivity contribution in [1.29, 1.82) is 0 Å². The molecule has 0 saturated carbocycles. The number of methoxy groups -OCH3 is 3. The molecule has 2 rings (SSSR count). The van der Waals surface area contributed by atoms with Gasteiger partial charge in [-0.25, -0.2) is 0 Å². The van der Waals surface area contributed by atoms with Gasteiger partial charge in [-0.2, -0.15) is 0 Å². The zero-order chi connectivity index (χ0) is 14.5. The van der Waals surface area contributed by atoms with Crippen molar-refractivity contribution in [3.63, 3.8) is 0 Å². The summed E-state index contributed by atoms with van der Waals surface area (Å²) in [5.41, 5.74) is 0.520. The van der Waals surface area contributed by atoms with Crippen LogP contribution in [0.3, 0.4) is 0 Å². The largest absolute Gasteiger partial charge is 0.496 e. The number of carbonyl (C=O) groups excluding carboxylic acids is 1. The van der Waals surface area contributed by atoms with Crippen LogP contribution in [0.2, 0.25) is 0 Å². The molecule has 1 aromatic rings. The predicted molar refractivity (Wildman–Crippen MR) is 75.9 cm³/mol. The monoisotopic (exact) mass is 279 g/mol. The topological polar surface area (TPSA) is 48.0 Å². The maximum atomic E-state index is 12.6. The number of benzene rings is 1. The van der Waals surface area contributed by atoms with Crippen LogP contribution < -0.4 is 14.2 Å². The van der Waals surface area contributed by atoms with Crippen LogP contribution in [0.1, 0.15) is 29.6 Å². The van der Waals surface area contributed by atoms with Crippen molar-refractivity contribution < 1.29 is 19.0 Å². The van der Waals surface area contributed by atoms with E-state index in [9.17, 15) is 4.79 Å². The third-order valence-corrected chi connectivity index (χ3v) is 3.58. The van der Waals surface area contributed by atoms with Crippen LogP contribution in [0.25, 0.3) is 0 Å². The zero-order valence-electron chi connectivity index (χ0n) is 12.3. The highest BCUT2D eigenvalue weighted by Crippen LogP contribution is 2.35. The minimum absolute atomic E-state index is 0.0116. The summed E-state index contributed by atoms with van der Waals surface area (Å²) in [6.45, 7) is 1.60. The van der Waals surface area contributed by atoms with Crippen molar-refractivity contribution >= 4 is 5.91 Å². The molecule has 1 aliphatic heterocycles. The number of carbonyl (C=O) groups is 1. The van der Waals surface area contributed by atoms with E-state index in [1.165, 1.54) is 6.42 Å². The number of likely N-dealkylation sites (tertiary alicyclic amines) is 1. The summed E-state index contributed by atoms with van der Waals surface area (Å²) < 4.78 is 15.8. The lowest BCUT2D eigenvalue weighted by Crippen LogP contribution is -2.35. The smallest absolute Gasteiger partial charge is 0.257 e. The Labute approximate surface area is 119 Å². The van der Waals surface area contributed by atoms with E-state index in [2.05, 4.69) is 0 Å². The first kappa shape index (κ1) is 14.5. The molecule has 0 aliphatic carbocycles. The number of amides is 1. The molecule has 0 aromatic heterocycles. The minimum Gasteiger partial charge on any atom is -0.496 e. The van der Waals surface area contributed by atoms with E-state index >= 15 is 0 Å². The van der Waals surface area contributed by atoms with E-state index in [4.69, 9.17) is 14.2 Å². The summed E-state index contributed by atoms with van der Waals surface area (Å²) in [5, 5.41) is 0. The van der Waals surface area contributed by atoms with Crippen LogP contribution in [0.15, 0.2) is 12.1 Å². The van der Waals surface area contributed by atoms with E-state index in [1.54, 1.807) is 33.5 Å². The minimum atomic E-state index is -0.0116. The molecule has 1 fully saturated rings. The van der Waals surface area contributed by atoms with Crippen LogP contribution in [-0.2, 0) is 0 Å². The number of nitrogens with zero attached hydrogens (tertiary/aromatic N) is 1. The van der Waals surface area contributed by atoms with Gasteiger partial charge in [-0.3, -0.25) is 4.79 Å². The fourth-order valence-corrected chi connectivity index (χ4v) is 2.46. The number of hydrogen-bond donors (Lipinski definition) is 0. The molecule has 1 saturated heterocycles. The summed E-state index contributed by atoms with van der Waals surface area (Å²) in [6, 6.07) is 3.38. The second-order valence-electron chi connectivity index (χ2n) is 4.76. The maximum absolute atomic E-state index is 12.6. The van der Waals surface area contributed by atoms with Crippen molar-refractivity contribution in [2.45, 2.75) is 19.3 Å². The lowest BCUT2D eigenvalue weighted by Gasteiger charge is -2.27. The van der Waals surface area contributed by atoms with Crippen LogP contribution >= 0.6 is 0 Å². The van der Waals surface area contributed by atoms with Crippen LogP contribution in [0.5, 0.6) is 17.2 Å². The summed E-state index contributed by atoms with van der Waals surface area (Å²) in [7, 11) is 4.66. The molecule has 0 radical (unpaired) electrons. The highest BCUT2D eigenvalue weighted by molar-refractivity contribution is 5.97. The molecule has 110 valence electrons. The van der Waals surface area contributed by atoms with Gasteiger partial charge in [0.05, 0.1) is 26.9 Å². The Morgan fingerprint density at radius 2 is 1.45 bits per heavy atom. The third-order valence-electron chi connectivity index (χ3n) is 3.58. The number of ether oxygens (including phenoxy) is 3. The van der Waals surface area contributed by atoms with Crippen LogP contribution in [0, 0.1) is 0 Å². The van der Waals surface area contributed by atoms with E-state index < -0.39 is 0 Å². The molecule has 0 atom stereocenters. The second kappa shape index (κ2) is 6.50. The highest BCUT2D eigenvalue weighted by atomic mass is 16.5. The van der Waals surface area contributed by atoms with Crippen molar-refractivity contribution in [3.8, 4) is 17.2 Å². The first-order valence-corrected chi connectivity index (χ1v) is 6.80. The van der Waals surface area contributed by atoms with E-state index in [-0.39, 0.29) is 5.91 Å². The molecular formula is C15H21NO4. The Balaban J connectivity index is 2.35. The van der Waals surface area contributed by atoms with Gasteiger partial charge in [0.25, 0.3) is 5.91 Å². The van der Waals surface area contributed by atoms with Gasteiger partial charge in [0.1, 0.15) is 5.75 Å². The SMILES string of the molecule is COc1cc(OC)c(C(=O)N2CCCCC2)cc1OC. The first-order valence-electron chi connectivity index (χ1n) is 6.80. The zero-order valence-corrected chi connectivity index (χ0v) is 12.3. The van der Waals surface area contributed by atoms with Crippen molar-refractivity contribution in [2.24, 2.45) is 0 Å². The van der Waals surface area contributed by atoms with E-state index in [0.29, 0.717) is 22.8 Å². The second-order valence-corrected chi connectivity index (χ2v) is 4.76. The van der Waals surface area contributed by atoms with Crippen LogP contribution in [0.4, 0.5) is 0 Å². The van der Waals surface area contributed by atoms with Gasteiger partial charge in [-0.05, 0) is 19.3 Å². The quantitative estimate of drug-likeness (QED) is 0.848. The van der Waals surface area contributed by atoms with Crippen molar-refractivity contribution in [2.75, 3.05) is 34.4 Å². The van der Waals surface area contributed by atoms with Gasteiger partial charge in [-0.15, -0.1) is 0 Å². The summed E-state index contributed by atoms with van der Waals surface area (Å²) in [6.07, 6.45) is 3.30. The molecule has 5 heteroatoms. The van der Waals surface area contributed by atoms with Crippen molar-refractivity contribution in [3.05, 3.63) is 17.7 Å². The van der Waals surface area contributed by atoms with Gasteiger partial charge >= 0.3 is 0 Å². The lowest BCUT2D eigenvalue weighted by atomic mass is 10.1. The Morgan fingerprint density at radius 3 is 2.00 bits per heavy atom. The summed E-state index contributed by atoms with van der Waals surface area (Å²) in [5.74, 6) is 1.59. The summed E-state index contributed by atoms with van der Waals surface area (Å²) in [4.78, 5) is 14.5. The molecule has 0 bridgehead atoms. The van der Waals surface area contributed by atoms with E-state index in [0.717, 1.165) is 25.9 Å². The average molecular weight is 279 g/mol. The number of hydrogen-bond acceptors (Lipinski definition) is 4. The molecule has 1 heterocycles.